The van der Waals surface area contributed by atoms with E-state index in [-0.39, 0.29) is 24.0 Å². The lowest BCUT2D eigenvalue weighted by molar-refractivity contribution is -0.304. The SMILES string of the molecule is CC/C(C(=O)[O-])=C(/CC)C(=O)[O-]. The summed E-state index contributed by atoms with van der Waals surface area (Å²) >= 11 is 0. The van der Waals surface area contributed by atoms with Gasteiger partial charge in [0.2, 0.25) is 0 Å². The number of hydrogen-bond acceptors (Lipinski definition) is 4. The molecule has 68 valence electrons. The summed E-state index contributed by atoms with van der Waals surface area (Å²) in [5.41, 5.74) is -0.366. The predicted molar refractivity (Wildman–Crippen MR) is 37.6 cm³/mol. The maximum Gasteiger partial charge on any atom is 0.0678 e. The second-order valence-corrected chi connectivity index (χ2v) is 2.24. The van der Waals surface area contributed by atoms with Gasteiger partial charge in [-0.05, 0) is 24.0 Å². The zero-order valence-corrected chi connectivity index (χ0v) is 7.05. The van der Waals surface area contributed by atoms with Gasteiger partial charge < -0.3 is 19.8 Å². The lowest BCUT2D eigenvalue weighted by Gasteiger charge is -2.13. The molecule has 4 heteroatoms. The lowest BCUT2D eigenvalue weighted by Crippen LogP contribution is -2.31. The molecular formula is C8H10O4-2. The molecule has 0 atom stereocenters. The Bertz CT molecular complexity index is 203. The van der Waals surface area contributed by atoms with Gasteiger partial charge in [0.15, 0.2) is 0 Å². The fourth-order valence-electron chi connectivity index (χ4n) is 0.962. The van der Waals surface area contributed by atoms with Gasteiger partial charge in [0.1, 0.15) is 0 Å². The van der Waals surface area contributed by atoms with Crippen LogP contribution in [0.2, 0.25) is 0 Å². The molecule has 0 bridgehead atoms. The molecule has 0 heterocycles. The van der Waals surface area contributed by atoms with E-state index >= 15 is 0 Å². The molecule has 0 fully saturated rings. The molecule has 0 aliphatic carbocycles. The van der Waals surface area contributed by atoms with Gasteiger partial charge in [0, 0.05) is 0 Å². The molecule has 12 heavy (non-hydrogen) atoms. The van der Waals surface area contributed by atoms with Crippen LogP contribution in [0.25, 0.3) is 0 Å². The summed E-state index contributed by atoms with van der Waals surface area (Å²) in [5.74, 6) is -2.86. The van der Waals surface area contributed by atoms with Crippen LogP contribution >= 0.6 is 0 Å². The Morgan fingerprint density at radius 2 is 1.17 bits per heavy atom. The van der Waals surface area contributed by atoms with E-state index in [0.717, 1.165) is 0 Å². The van der Waals surface area contributed by atoms with E-state index in [1.54, 1.807) is 13.8 Å². The van der Waals surface area contributed by atoms with E-state index in [4.69, 9.17) is 0 Å². The highest BCUT2D eigenvalue weighted by molar-refractivity contribution is 5.96. The molecule has 0 aromatic carbocycles. The first-order valence-corrected chi connectivity index (χ1v) is 3.69. The first kappa shape index (κ1) is 10.7. The Hall–Kier alpha value is -1.32. The quantitative estimate of drug-likeness (QED) is 0.486. The number of carbonyl (C=O) groups excluding carboxylic acids is 2. The highest BCUT2D eigenvalue weighted by atomic mass is 16.4. The first-order valence-electron chi connectivity index (χ1n) is 3.69. The van der Waals surface area contributed by atoms with Crippen molar-refractivity contribution in [2.75, 3.05) is 0 Å². The molecule has 0 aromatic rings. The van der Waals surface area contributed by atoms with Crippen LogP contribution in [0, 0.1) is 0 Å². The fourth-order valence-corrected chi connectivity index (χ4v) is 0.962. The van der Waals surface area contributed by atoms with Gasteiger partial charge in [-0.2, -0.15) is 0 Å². The van der Waals surface area contributed by atoms with Gasteiger partial charge in [0.25, 0.3) is 0 Å². The van der Waals surface area contributed by atoms with Gasteiger partial charge >= 0.3 is 0 Å². The average molecular weight is 170 g/mol. The van der Waals surface area contributed by atoms with E-state index in [9.17, 15) is 19.8 Å². The number of rotatable bonds is 4. The van der Waals surface area contributed by atoms with Crippen LogP contribution in [0.15, 0.2) is 11.1 Å². The molecule has 0 aromatic heterocycles. The Balaban J connectivity index is 5.01. The largest absolute Gasteiger partial charge is 0.545 e. The molecular weight excluding hydrogens is 160 g/mol. The molecule has 0 saturated carbocycles. The van der Waals surface area contributed by atoms with Crippen molar-refractivity contribution in [1.29, 1.82) is 0 Å². The molecule has 0 radical (unpaired) electrons. The maximum absolute atomic E-state index is 10.4. The van der Waals surface area contributed by atoms with E-state index < -0.39 is 11.9 Å². The van der Waals surface area contributed by atoms with Crippen LogP contribution in [0.4, 0.5) is 0 Å². The van der Waals surface area contributed by atoms with E-state index in [0.29, 0.717) is 0 Å². The average Bonchev–Trinajstić information content (AvgIpc) is 1.98. The Kier molecular flexibility index (Phi) is 4.04. The third-order valence-corrected chi connectivity index (χ3v) is 1.56. The van der Waals surface area contributed by atoms with Crippen molar-refractivity contribution >= 4 is 11.9 Å². The third-order valence-electron chi connectivity index (χ3n) is 1.56. The van der Waals surface area contributed by atoms with Crippen molar-refractivity contribution in [3.63, 3.8) is 0 Å². The zero-order chi connectivity index (χ0) is 9.72. The van der Waals surface area contributed by atoms with Crippen molar-refractivity contribution < 1.29 is 19.8 Å². The summed E-state index contributed by atoms with van der Waals surface area (Å²) in [4.78, 5) is 20.8. The lowest BCUT2D eigenvalue weighted by atomic mass is 10.0. The normalized spacial score (nSPS) is 12.2. The molecule has 0 unspecified atom stereocenters. The standard InChI is InChI=1S/C8H12O4/c1-3-5(7(9)10)6(4-2)8(11)12/h3-4H2,1-2H3,(H,9,10)(H,11,12)/p-2/b6-5+. The van der Waals surface area contributed by atoms with Crippen molar-refractivity contribution in [2.45, 2.75) is 26.7 Å². The smallest absolute Gasteiger partial charge is 0.0678 e. The summed E-state index contributed by atoms with van der Waals surface area (Å²) in [7, 11) is 0. The minimum atomic E-state index is -1.43. The number of carboxylic acid groups (broad SMARTS) is 2. The van der Waals surface area contributed by atoms with Gasteiger partial charge in [-0.15, -0.1) is 0 Å². The maximum atomic E-state index is 10.4. The van der Waals surface area contributed by atoms with E-state index in [1.165, 1.54) is 0 Å². The van der Waals surface area contributed by atoms with Gasteiger partial charge in [0.05, 0.1) is 11.9 Å². The summed E-state index contributed by atoms with van der Waals surface area (Å²) < 4.78 is 0. The number of carboxylic acids is 2. The monoisotopic (exact) mass is 170 g/mol. The first-order chi connectivity index (χ1) is 5.54. The van der Waals surface area contributed by atoms with Crippen LogP contribution in [-0.4, -0.2) is 11.9 Å². The number of aliphatic carboxylic acids is 2. The minimum Gasteiger partial charge on any atom is -0.545 e. The van der Waals surface area contributed by atoms with Crippen LogP contribution in [0.1, 0.15) is 26.7 Å². The zero-order valence-electron chi connectivity index (χ0n) is 7.05. The van der Waals surface area contributed by atoms with Crippen molar-refractivity contribution in [3.05, 3.63) is 11.1 Å². The molecule has 0 aliphatic rings. The molecule has 0 amide bonds. The van der Waals surface area contributed by atoms with Crippen molar-refractivity contribution in [2.24, 2.45) is 0 Å². The topological polar surface area (TPSA) is 80.3 Å². The molecule has 4 nitrogen and oxygen atoms in total. The van der Waals surface area contributed by atoms with Crippen LogP contribution in [-0.2, 0) is 9.59 Å². The Morgan fingerprint density at radius 1 is 0.917 bits per heavy atom. The third kappa shape index (κ3) is 2.38. The highest BCUT2D eigenvalue weighted by Crippen LogP contribution is 2.10. The second-order valence-electron chi connectivity index (χ2n) is 2.24. The van der Waals surface area contributed by atoms with Gasteiger partial charge in [-0.25, -0.2) is 0 Å². The van der Waals surface area contributed by atoms with Crippen LogP contribution in [0.3, 0.4) is 0 Å². The molecule has 0 aliphatic heterocycles. The molecule has 0 N–H and O–H groups in total. The Morgan fingerprint density at radius 3 is 1.25 bits per heavy atom. The molecule has 0 rings (SSSR count). The minimum absolute atomic E-state index is 0.138. The van der Waals surface area contributed by atoms with Crippen LogP contribution < -0.4 is 10.2 Å². The van der Waals surface area contributed by atoms with E-state index in [2.05, 4.69) is 0 Å². The summed E-state index contributed by atoms with van der Waals surface area (Å²) in [5, 5.41) is 20.8. The number of hydrogen-bond donors (Lipinski definition) is 0. The second kappa shape index (κ2) is 4.54. The molecule has 0 spiro atoms. The summed E-state index contributed by atoms with van der Waals surface area (Å²) in [6.07, 6.45) is 0.277. The van der Waals surface area contributed by atoms with Crippen molar-refractivity contribution in [3.8, 4) is 0 Å². The Labute approximate surface area is 70.5 Å². The summed E-state index contributed by atoms with van der Waals surface area (Å²) in [6, 6.07) is 0. The summed E-state index contributed by atoms with van der Waals surface area (Å²) in [6.45, 7) is 3.12. The van der Waals surface area contributed by atoms with Gasteiger partial charge in [-0.3, -0.25) is 0 Å². The van der Waals surface area contributed by atoms with E-state index in [1.807, 2.05) is 0 Å². The van der Waals surface area contributed by atoms with Crippen molar-refractivity contribution in [1.82, 2.24) is 0 Å². The number of carbonyl (C=O) groups is 2. The highest BCUT2D eigenvalue weighted by Gasteiger charge is 2.04. The molecule has 0 saturated heterocycles. The van der Waals surface area contributed by atoms with Gasteiger partial charge in [-0.1, -0.05) is 13.8 Å². The van der Waals surface area contributed by atoms with Crippen LogP contribution in [0.5, 0.6) is 0 Å². The predicted octanol–water partition coefficient (Wildman–Crippen LogP) is -1.40. The fraction of sp³-hybridized carbons (Fsp3) is 0.500.